The van der Waals surface area contributed by atoms with E-state index in [9.17, 15) is 0 Å². The van der Waals surface area contributed by atoms with Crippen LogP contribution < -0.4 is 9.80 Å². The van der Waals surface area contributed by atoms with E-state index in [1.807, 2.05) is 18.2 Å². The smallest absolute Gasteiger partial charge is 0.123 e. The number of halogens is 2. The van der Waals surface area contributed by atoms with Crippen LogP contribution in [0.2, 0.25) is 0 Å². The van der Waals surface area contributed by atoms with Gasteiger partial charge in [-0.2, -0.15) is 0 Å². The minimum atomic E-state index is -0.690. The maximum atomic E-state index is 7.42. The molecule has 0 fully saturated rings. The molecule has 1 heterocycles. The lowest BCUT2D eigenvalue weighted by Gasteiger charge is -2.41. The molecule has 0 saturated heterocycles. The largest absolute Gasteiger partial charge is 0.378 e. The van der Waals surface area contributed by atoms with Gasteiger partial charge in [0.25, 0.3) is 0 Å². The van der Waals surface area contributed by atoms with Crippen molar-refractivity contribution in [1.82, 2.24) is 0 Å². The van der Waals surface area contributed by atoms with Gasteiger partial charge in [-0.1, -0.05) is 54.6 Å². The Morgan fingerprint density at radius 3 is 2.12 bits per heavy atom. The third-order valence-electron chi connectivity index (χ3n) is 5.04. The summed E-state index contributed by atoms with van der Waals surface area (Å²) in [4.78, 5) is 3.67. The number of para-hydroxylation sites is 1. The number of rotatable bonds is 2. The lowest BCUT2D eigenvalue weighted by Crippen LogP contribution is -2.32. The number of nitrogens with zero attached hydrogens (tertiary/aromatic N) is 2. The van der Waals surface area contributed by atoms with E-state index in [0.717, 1.165) is 33.8 Å². The summed E-state index contributed by atoms with van der Waals surface area (Å²) in [5.41, 5.74) is 6.78. The van der Waals surface area contributed by atoms with Gasteiger partial charge >= 0.3 is 0 Å². The number of fused-ring (bicyclic) bond motifs is 2. The average molecular weight is 385 g/mol. The SMILES string of the molecule is CN(C)c1ccc2c(c1)N(C)c1ccccc1C2(Cl)c1ccccc1.Cl. The monoisotopic (exact) mass is 384 g/mol. The summed E-state index contributed by atoms with van der Waals surface area (Å²) < 4.78 is 0. The highest BCUT2D eigenvalue weighted by molar-refractivity contribution is 6.29. The molecule has 1 atom stereocenters. The van der Waals surface area contributed by atoms with Gasteiger partial charge in [-0.15, -0.1) is 24.0 Å². The van der Waals surface area contributed by atoms with Crippen LogP contribution in [0.1, 0.15) is 16.7 Å². The van der Waals surface area contributed by atoms with Crippen molar-refractivity contribution in [3.05, 3.63) is 89.5 Å². The Morgan fingerprint density at radius 1 is 0.808 bits per heavy atom. The van der Waals surface area contributed by atoms with Crippen LogP contribution in [0.5, 0.6) is 0 Å². The Labute approximate surface area is 166 Å². The van der Waals surface area contributed by atoms with Crippen LogP contribution in [0, 0.1) is 0 Å². The molecule has 0 amide bonds. The Kier molecular flexibility index (Phi) is 4.92. The van der Waals surface area contributed by atoms with Crippen LogP contribution in [-0.4, -0.2) is 21.1 Å². The lowest BCUT2D eigenvalue weighted by atomic mass is 9.79. The van der Waals surface area contributed by atoms with Gasteiger partial charge in [0.1, 0.15) is 4.87 Å². The maximum Gasteiger partial charge on any atom is 0.123 e. The Morgan fingerprint density at radius 2 is 1.42 bits per heavy atom. The van der Waals surface area contributed by atoms with Gasteiger partial charge < -0.3 is 9.80 Å². The lowest BCUT2D eigenvalue weighted by molar-refractivity contribution is 0.845. The number of alkyl halides is 1. The van der Waals surface area contributed by atoms with Crippen molar-refractivity contribution in [2.45, 2.75) is 4.87 Å². The normalized spacial score (nSPS) is 17.8. The molecule has 0 aliphatic carbocycles. The molecule has 0 saturated carbocycles. The van der Waals surface area contributed by atoms with Crippen molar-refractivity contribution < 1.29 is 0 Å². The van der Waals surface area contributed by atoms with Gasteiger partial charge in [0.15, 0.2) is 0 Å². The standard InChI is InChI=1S/C22H21ClN2.ClH/c1-24(2)17-13-14-19-21(15-17)25(3)20-12-8-7-11-18(20)22(19,23)16-9-5-4-6-10-16;/h4-15H,1-3H3;1H. The van der Waals surface area contributed by atoms with Gasteiger partial charge in [0.2, 0.25) is 0 Å². The molecule has 0 radical (unpaired) electrons. The van der Waals surface area contributed by atoms with Crippen molar-refractivity contribution >= 4 is 41.1 Å². The molecule has 1 aliphatic rings. The topological polar surface area (TPSA) is 6.48 Å². The fourth-order valence-corrected chi connectivity index (χ4v) is 4.12. The highest BCUT2D eigenvalue weighted by Crippen LogP contribution is 2.54. The van der Waals surface area contributed by atoms with Crippen molar-refractivity contribution in [2.24, 2.45) is 0 Å². The van der Waals surface area contributed by atoms with Crippen LogP contribution >= 0.6 is 24.0 Å². The molecule has 0 aromatic heterocycles. The highest BCUT2D eigenvalue weighted by atomic mass is 35.5. The molecule has 1 aliphatic heterocycles. The molecular weight excluding hydrogens is 363 g/mol. The zero-order chi connectivity index (χ0) is 17.6. The molecule has 3 aromatic carbocycles. The molecule has 1 unspecified atom stereocenters. The first-order valence-electron chi connectivity index (χ1n) is 8.43. The molecular formula is C22H22Cl2N2. The molecule has 3 aromatic rings. The molecule has 134 valence electrons. The summed E-state index contributed by atoms with van der Waals surface area (Å²) in [5.74, 6) is 0. The number of benzene rings is 3. The molecule has 4 rings (SSSR count). The molecule has 2 nitrogen and oxygen atoms in total. The van der Waals surface area contributed by atoms with Crippen LogP contribution in [0.15, 0.2) is 72.8 Å². The summed E-state index contributed by atoms with van der Waals surface area (Å²) in [6.45, 7) is 0. The van der Waals surface area contributed by atoms with E-state index in [1.165, 1.54) is 0 Å². The van der Waals surface area contributed by atoms with Crippen molar-refractivity contribution in [3.8, 4) is 0 Å². The maximum absolute atomic E-state index is 7.42. The first-order valence-corrected chi connectivity index (χ1v) is 8.81. The Hall–Kier alpha value is -2.16. The van der Waals surface area contributed by atoms with E-state index < -0.39 is 4.87 Å². The van der Waals surface area contributed by atoms with Crippen LogP contribution in [0.4, 0.5) is 17.1 Å². The van der Waals surface area contributed by atoms with E-state index in [4.69, 9.17) is 11.6 Å². The third-order valence-corrected chi connectivity index (χ3v) is 5.66. The summed E-state index contributed by atoms with van der Waals surface area (Å²) in [6, 6.07) is 25.3. The van der Waals surface area contributed by atoms with Crippen LogP contribution in [0.3, 0.4) is 0 Å². The second-order valence-corrected chi connectivity index (χ2v) is 7.26. The zero-order valence-electron chi connectivity index (χ0n) is 15.1. The fourth-order valence-electron chi connectivity index (χ4n) is 3.68. The first kappa shape index (κ1) is 18.6. The van der Waals surface area contributed by atoms with Crippen molar-refractivity contribution in [2.75, 3.05) is 30.9 Å². The number of hydrogen-bond acceptors (Lipinski definition) is 2. The summed E-state index contributed by atoms with van der Waals surface area (Å²) in [7, 11) is 6.23. The predicted octanol–water partition coefficient (Wildman–Crippen LogP) is 5.79. The Bertz CT molecular complexity index is 924. The minimum Gasteiger partial charge on any atom is -0.378 e. The predicted molar refractivity (Wildman–Crippen MR) is 115 cm³/mol. The van der Waals surface area contributed by atoms with E-state index in [1.54, 1.807) is 0 Å². The van der Waals surface area contributed by atoms with Gasteiger partial charge in [0.05, 0.1) is 0 Å². The van der Waals surface area contributed by atoms with Crippen LogP contribution in [-0.2, 0) is 4.87 Å². The number of anilines is 3. The van der Waals surface area contributed by atoms with Gasteiger partial charge in [-0.25, -0.2) is 0 Å². The number of hydrogen-bond donors (Lipinski definition) is 0. The average Bonchev–Trinajstić information content (AvgIpc) is 2.66. The quantitative estimate of drug-likeness (QED) is 0.516. The van der Waals surface area contributed by atoms with E-state index in [-0.39, 0.29) is 12.4 Å². The van der Waals surface area contributed by atoms with Gasteiger partial charge in [0, 0.05) is 49.3 Å². The molecule has 0 N–H and O–H groups in total. The summed E-state index contributed by atoms with van der Waals surface area (Å²) in [6.07, 6.45) is 0. The summed E-state index contributed by atoms with van der Waals surface area (Å²) in [5, 5.41) is 0. The third kappa shape index (κ3) is 2.65. The first-order chi connectivity index (χ1) is 12.0. The van der Waals surface area contributed by atoms with Gasteiger partial charge in [-0.3, -0.25) is 0 Å². The van der Waals surface area contributed by atoms with Crippen molar-refractivity contribution in [3.63, 3.8) is 0 Å². The molecule has 0 bridgehead atoms. The second kappa shape index (κ2) is 6.86. The van der Waals surface area contributed by atoms with Gasteiger partial charge in [-0.05, 0) is 23.8 Å². The highest BCUT2D eigenvalue weighted by Gasteiger charge is 2.42. The summed E-state index contributed by atoms with van der Waals surface area (Å²) >= 11 is 7.42. The fraction of sp³-hybridized carbons (Fsp3) is 0.182. The zero-order valence-corrected chi connectivity index (χ0v) is 16.7. The van der Waals surface area contributed by atoms with E-state index >= 15 is 0 Å². The van der Waals surface area contributed by atoms with Crippen LogP contribution in [0.25, 0.3) is 0 Å². The minimum absolute atomic E-state index is 0. The van der Waals surface area contributed by atoms with Crippen molar-refractivity contribution in [1.29, 1.82) is 0 Å². The molecule has 26 heavy (non-hydrogen) atoms. The Balaban J connectivity index is 0.00000196. The molecule has 0 spiro atoms. The molecule has 4 heteroatoms. The van der Waals surface area contributed by atoms with E-state index in [2.05, 4.69) is 85.5 Å². The second-order valence-electron chi connectivity index (χ2n) is 6.70. The van der Waals surface area contributed by atoms with E-state index in [0.29, 0.717) is 0 Å².